The fourth-order valence-electron chi connectivity index (χ4n) is 2.86. The van der Waals surface area contributed by atoms with Crippen LogP contribution in [0.4, 0.5) is 0 Å². The van der Waals surface area contributed by atoms with Gasteiger partial charge in [0, 0.05) is 23.5 Å². The number of aromatic nitrogens is 1. The summed E-state index contributed by atoms with van der Waals surface area (Å²) in [5.41, 5.74) is 0.893. The number of carbonyl (C=O) groups excluding carboxylic acids is 1. The number of nitrogens with zero attached hydrogens (tertiary/aromatic N) is 1. The summed E-state index contributed by atoms with van der Waals surface area (Å²) in [4.78, 5) is 17.5. The molecule has 4 aromatic rings. The standard InChI is InChI=1S/C23H20N2O3S/c1-2-27-18-8-4-5-9-19(18)28-22-12-11-16(14-24-22)15-25-23(26)21-13-17-7-3-6-10-20(17)29-21/h3-14H,2,15H2,1H3,(H,25,26). The molecule has 146 valence electrons. The Morgan fingerprint density at radius 2 is 1.83 bits per heavy atom. The third-order valence-corrected chi connectivity index (χ3v) is 5.38. The number of carbonyl (C=O) groups is 1. The molecule has 0 aliphatic carbocycles. The highest BCUT2D eigenvalue weighted by atomic mass is 32.1. The van der Waals surface area contributed by atoms with Crippen molar-refractivity contribution in [3.8, 4) is 17.4 Å². The first-order valence-corrected chi connectivity index (χ1v) is 10.2. The molecule has 0 saturated carbocycles. The zero-order valence-corrected chi connectivity index (χ0v) is 16.7. The summed E-state index contributed by atoms with van der Waals surface area (Å²) in [7, 11) is 0. The minimum absolute atomic E-state index is 0.0860. The zero-order chi connectivity index (χ0) is 20.1. The first-order chi connectivity index (χ1) is 14.2. The molecule has 6 heteroatoms. The predicted molar refractivity (Wildman–Crippen MR) is 115 cm³/mol. The Morgan fingerprint density at radius 3 is 2.59 bits per heavy atom. The number of amides is 1. The van der Waals surface area contributed by atoms with E-state index in [4.69, 9.17) is 9.47 Å². The molecule has 0 unspecified atom stereocenters. The van der Waals surface area contributed by atoms with E-state index < -0.39 is 0 Å². The highest BCUT2D eigenvalue weighted by molar-refractivity contribution is 7.20. The monoisotopic (exact) mass is 404 g/mol. The van der Waals surface area contributed by atoms with Gasteiger partial charge < -0.3 is 14.8 Å². The van der Waals surface area contributed by atoms with Crippen molar-refractivity contribution < 1.29 is 14.3 Å². The molecule has 1 N–H and O–H groups in total. The Hall–Kier alpha value is -3.38. The van der Waals surface area contributed by atoms with E-state index in [-0.39, 0.29) is 5.91 Å². The first kappa shape index (κ1) is 19.0. The van der Waals surface area contributed by atoms with Crippen LogP contribution in [-0.2, 0) is 6.54 Å². The van der Waals surface area contributed by atoms with E-state index in [0.29, 0.717) is 35.4 Å². The molecule has 4 rings (SSSR count). The van der Waals surface area contributed by atoms with Crippen LogP contribution in [0, 0.1) is 0 Å². The van der Waals surface area contributed by atoms with Crippen LogP contribution in [0.5, 0.6) is 17.4 Å². The van der Waals surface area contributed by atoms with Crippen molar-refractivity contribution in [2.75, 3.05) is 6.61 Å². The number of thiophene rings is 1. The Morgan fingerprint density at radius 1 is 1.03 bits per heavy atom. The smallest absolute Gasteiger partial charge is 0.261 e. The Kier molecular flexibility index (Phi) is 5.72. The lowest BCUT2D eigenvalue weighted by Crippen LogP contribution is -2.21. The largest absolute Gasteiger partial charge is 0.490 e. The quantitative estimate of drug-likeness (QED) is 0.447. The maximum Gasteiger partial charge on any atom is 0.261 e. The molecule has 2 aromatic heterocycles. The summed E-state index contributed by atoms with van der Waals surface area (Å²) in [6.45, 7) is 2.89. The summed E-state index contributed by atoms with van der Waals surface area (Å²) >= 11 is 1.49. The lowest BCUT2D eigenvalue weighted by Gasteiger charge is -2.11. The van der Waals surface area contributed by atoms with Gasteiger partial charge in [0.25, 0.3) is 5.91 Å². The van der Waals surface area contributed by atoms with Crippen LogP contribution >= 0.6 is 11.3 Å². The van der Waals surface area contributed by atoms with Gasteiger partial charge in [-0.2, -0.15) is 0 Å². The van der Waals surface area contributed by atoms with E-state index in [1.807, 2.05) is 67.6 Å². The Labute approximate surface area is 172 Å². The van der Waals surface area contributed by atoms with E-state index in [1.54, 1.807) is 12.3 Å². The van der Waals surface area contributed by atoms with E-state index in [0.717, 1.165) is 15.6 Å². The average molecular weight is 404 g/mol. The van der Waals surface area contributed by atoms with Gasteiger partial charge in [0.2, 0.25) is 5.88 Å². The molecule has 0 radical (unpaired) electrons. The van der Waals surface area contributed by atoms with Crippen molar-refractivity contribution in [1.82, 2.24) is 10.3 Å². The predicted octanol–water partition coefficient (Wildman–Crippen LogP) is 5.42. The summed E-state index contributed by atoms with van der Waals surface area (Å²) in [5.74, 6) is 1.68. The number of nitrogens with one attached hydrogen (secondary N) is 1. The average Bonchev–Trinajstić information content (AvgIpc) is 3.19. The van der Waals surface area contributed by atoms with Gasteiger partial charge in [-0.1, -0.05) is 36.4 Å². The Bertz CT molecular complexity index is 1090. The van der Waals surface area contributed by atoms with Gasteiger partial charge in [-0.3, -0.25) is 4.79 Å². The van der Waals surface area contributed by atoms with E-state index >= 15 is 0 Å². The number of rotatable bonds is 7. The van der Waals surface area contributed by atoms with Crippen LogP contribution in [0.1, 0.15) is 22.2 Å². The second kappa shape index (κ2) is 8.75. The maximum absolute atomic E-state index is 12.4. The Balaban J connectivity index is 1.37. The molecular formula is C23H20N2O3S. The van der Waals surface area contributed by atoms with Crippen LogP contribution in [0.15, 0.2) is 72.9 Å². The molecule has 0 atom stereocenters. The summed E-state index contributed by atoms with van der Waals surface area (Å²) in [5, 5.41) is 4.02. The molecule has 0 saturated heterocycles. The minimum Gasteiger partial charge on any atom is -0.490 e. The lowest BCUT2D eigenvalue weighted by molar-refractivity contribution is 0.0955. The third-order valence-electron chi connectivity index (χ3n) is 4.26. The van der Waals surface area contributed by atoms with Gasteiger partial charge in [-0.15, -0.1) is 11.3 Å². The number of benzene rings is 2. The van der Waals surface area contributed by atoms with Gasteiger partial charge in [0.15, 0.2) is 11.5 Å². The molecule has 29 heavy (non-hydrogen) atoms. The molecule has 0 bridgehead atoms. The molecule has 0 fully saturated rings. The first-order valence-electron chi connectivity index (χ1n) is 9.34. The van der Waals surface area contributed by atoms with Crippen LogP contribution in [-0.4, -0.2) is 17.5 Å². The molecule has 0 aliphatic rings. The van der Waals surface area contributed by atoms with E-state index in [9.17, 15) is 4.79 Å². The molecule has 0 aliphatic heterocycles. The van der Waals surface area contributed by atoms with Crippen molar-refractivity contribution in [2.45, 2.75) is 13.5 Å². The van der Waals surface area contributed by atoms with Crippen molar-refractivity contribution >= 4 is 27.3 Å². The second-order valence-electron chi connectivity index (χ2n) is 6.32. The van der Waals surface area contributed by atoms with Crippen molar-refractivity contribution in [3.63, 3.8) is 0 Å². The van der Waals surface area contributed by atoms with Crippen molar-refractivity contribution in [2.24, 2.45) is 0 Å². The zero-order valence-electron chi connectivity index (χ0n) is 15.9. The van der Waals surface area contributed by atoms with Crippen LogP contribution in [0.2, 0.25) is 0 Å². The van der Waals surface area contributed by atoms with E-state index in [2.05, 4.69) is 10.3 Å². The minimum atomic E-state index is -0.0860. The number of para-hydroxylation sites is 2. The maximum atomic E-state index is 12.4. The number of fused-ring (bicyclic) bond motifs is 1. The number of pyridine rings is 1. The lowest BCUT2D eigenvalue weighted by atomic mass is 10.2. The molecule has 0 spiro atoms. The van der Waals surface area contributed by atoms with Crippen LogP contribution < -0.4 is 14.8 Å². The van der Waals surface area contributed by atoms with Crippen LogP contribution in [0.3, 0.4) is 0 Å². The van der Waals surface area contributed by atoms with Crippen LogP contribution in [0.25, 0.3) is 10.1 Å². The summed E-state index contributed by atoms with van der Waals surface area (Å²) in [6.07, 6.45) is 1.70. The van der Waals surface area contributed by atoms with Gasteiger partial charge in [-0.05, 0) is 42.1 Å². The normalized spacial score (nSPS) is 10.7. The summed E-state index contributed by atoms with van der Waals surface area (Å²) in [6, 6.07) is 21.0. The van der Waals surface area contributed by atoms with Crippen molar-refractivity contribution in [3.05, 3.63) is 83.4 Å². The summed E-state index contributed by atoms with van der Waals surface area (Å²) < 4.78 is 12.5. The fraction of sp³-hybridized carbons (Fsp3) is 0.130. The SMILES string of the molecule is CCOc1ccccc1Oc1ccc(CNC(=O)c2cc3ccccc3s2)cn1. The molecule has 1 amide bonds. The number of hydrogen-bond acceptors (Lipinski definition) is 5. The highest BCUT2D eigenvalue weighted by Crippen LogP contribution is 2.30. The topological polar surface area (TPSA) is 60.5 Å². The molecule has 2 aromatic carbocycles. The molecule has 2 heterocycles. The number of hydrogen-bond donors (Lipinski definition) is 1. The van der Waals surface area contributed by atoms with Crippen molar-refractivity contribution in [1.29, 1.82) is 0 Å². The highest BCUT2D eigenvalue weighted by Gasteiger charge is 2.10. The molecular weight excluding hydrogens is 384 g/mol. The van der Waals surface area contributed by atoms with Gasteiger partial charge in [-0.25, -0.2) is 4.98 Å². The van der Waals surface area contributed by atoms with Gasteiger partial charge in [0.05, 0.1) is 11.5 Å². The number of ether oxygens (including phenoxy) is 2. The van der Waals surface area contributed by atoms with E-state index in [1.165, 1.54) is 11.3 Å². The second-order valence-corrected chi connectivity index (χ2v) is 7.40. The fourth-order valence-corrected chi connectivity index (χ4v) is 3.84. The third kappa shape index (κ3) is 4.55. The molecule has 5 nitrogen and oxygen atoms in total. The van der Waals surface area contributed by atoms with Gasteiger partial charge in [0.1, 0.15) is 0 Å². The van der Waals surface area contributed by atoms with Gasteiger partial charge >= 0.3 is 0 Å².